The normalized spacial score (nSPS) is 15.4. The minimum Gasteiger partial charge on any atom is -0.493 e. The Morgan fingerprint density at radius 2 is 2.03 bits per heavy atom. The van der Waals surface area contributed by atoms with Crippen LogP contribution < -0.4 is 20.1 Å². The maximum absolute atomic E-state index is 13.3. The van der Waals surface area contributed by atoms with E-state index in [0.717, 1.165) is 41.9 Å². The van der Waals surface area contributed by atoms with Gasteiger partial charge in [-0.05, 0) is 51.2 Å². The number of methoxy groups -OCH3 is 1. The van der Waals surface area contributed by atoms with Gasteiger partial charge in [-0.3, -0.25) is 9.78 Å². The first-order valence-corrected chi connectivity index (χ1v) is 13.0. The van der Waals surface area contributed by atoms with Crippen molar-refractivity contribution >= 4 is 39.9 Å². The van der Waals surface area contributed by atoms with Gasteiger partial charge < -0.3 is 30.0 Å². The Morgan fingerprint density at radius 3 is 2.79 bits per heavy atom. The second-order valence-corrected chi connectivity index (χ2v) is 10.5. The molecular weight excluding hydrogens is 504 g/mol. The number of carbonyl (C=O) groups is 1. The summed E-state index contributed by atoms with van der Waals surface area (Å²) >= 11 is 6.42. The number of rotatable bonds is 8. The predicted octanol–water partition coefficient (Wildman–Crippen LogP) is 4.75. The highest BCUT2D eigenvalue weighted by atomic mass is 35.5. The van der Waals surface area contributed by atoms with Crippen LogP contribution in [0.4, 0.5) is 11.4 Å². The van der Waals surface area contributed by atoms with Gasteiger partial charge in [0, 0.05) is 42.0 Å². The number of aromatic amines is 1. The summed E-state index contributed by atoms with van der Waals surface area (Å²) in [6.45, 7) is 1.91. The fourth-order valence-electron chi connectivity index (χ4n) is 5.03. The highest BCUT2D eigenvalue weighted by molar-refractivity contribution is 6.32. The minimum absolute atomic E-state index is 0.0763. The quantitative estimate of drug-likeness (QED) is 0.301. The molecule has 1 aliphatic carbocycles. The van der Waals surface area contributed by atoms with Crippen LogP contribution in [0.3, 0.4) is 0 Å². The van der Waals surface area contributed by atoms with Gasteiger partial charge in [0.15, 0.2) is 5.75 Å². The lowest BCUT2D eigenvalue weighted by Crippen LogP contribution is -2.39. The molecule has 38 heavy (non-hydrogen) atoms. The molecule has 10 heteroatoms. The largest absolute Gasteiger partial charge is 0.493 e. The van der Waals surface area contributed by atoms with Crippen molar-refractivity contribution in [2.24, 2.45) is 0 Å². The molecule has 2 aliphatic rings. The van der Waals surface area contributed by atoms with Crippen molar-refractivity contribution in [1.82, 2.24) is 25.2 Å². The molecule has 4 heterocycles. The zero-order valence-corrected chi connectivity index (χ0v) is 22.3. The molecule has 9 nitrogen and oxygen atoms in total. The minimum atomic E-state index is -0.123. The second-order valence-electron chi connectivity index (χ2n) is 10.1. The molecule has 1 spiro atoms. The van der Waals surface area contributed by atoms with Crippen LogP contribution in [0.5, 0.6) is 11.6 Å². The lowest BCUT2D eigenvalue weighted by atomic mass is 9.93. The lowest BCUT2D eigenvalue weighted by molar-refractivity contribution is 0.0938. The average Bonchev–Trinajstić information content (AvgIpc) is 3.58. The number of ether oxygens (including phenoxy) is 2. The van der Waals surface area contributed by atoms with Crippen molar-refractivity contribution in [3.05, 3.63) is 58.9 Å². The Hall–Kier alpha value is -3.82. The van der Waals surface area contributed by atoms with Crippen LogP contribution in [0.1, 0.15) is 28.9 Å². The molecule has 0 unspecified atom stereocenters. The van der Waals surface area contributed by atoms with Crippen LogP contribution in [0, 0.1) is 0 Å². The first-order valence-electron chi connectivity index (χ1n) is 12.6. The van der Waals surface area contributed by atoms with Gasteiger partial charge in [0.25, 0.3) is 5.91 Å². The van der Waals surface area contributed by atoms with Gasteiger partial charge in [-0.2, -0.15) is 0 Å². The van der Waals surface area contributed by atoms with Gasteiger partial charge in [-0.1, -0.05) is 17.7 Å². The van der Waals surface area contributed by atoms with Gasteiger partial charge in [-0.25, -0.2) is 4.98 Å². The van der Waals surface area contributed by atoms with E-state index in [1.807, 2.05) is 44.4 Å². The predicted molar refractivity (Wildman–Crippen MR) is 148 cm³/mol. The van der Waals surface area contributed by atoms with Crippen molar-refractivity contribution in [3.8, 4) is 22.9 Å². The first-order chi connectivity index (χ1) is 18.4. The zero-order chi connectivity index (χ0) is 26.4. The molecule has 0 bridgehead atoms. The molecule has 1 aromatic carbocycles. The topological polar surface area (TPSA) is 104 Å². The van der Waals surface area contributed by atoms with E-state index in [1.165, 1.54) is 0 Å². The van der Waals surface area contributed by atoms with E-state index in [9.17, 15) is 4.79 Å². The number of carbonyl (C=O) groups excluding carboxylic acids is 1. The van der Waals surface area contributed by atoms with Crippen molar-refractivity contribution < 1.29 is 14.3 Å². The Morgan fingerprint density at radius 1 is 1.18 bits per heavy atom. The number of H-pyrrole nitrogens is 1. The van der Waals surface area contributed by atoms with E-state index in [2.05, 4.69) is 25.5 Å². The van der Waals surface area contributed by atoms with Crippen LogP contribution in [0.2, 0.25) is 5.02 Å². The number of amides is 1. The Kier molecular flexibility index (Phi) is 6.12. The molecule has 0 radical (unpaired) electrons. The van der Waals surface area contributed by atoms with Crippen molar-refractivity contribution in [3.63, 3.8) is 0 Å². The molecule has 1 aliphatic heterocycles. The van der Waals surface area contributed by atoms with Crippen LogP contribution in [0.15, 0.2) is 42.6 Å². The zero-order valence-electron chi connectivity index (χ0n) is 21.5. The van der Waals surface area contributed by atoms with E-state index >= 15 is 0 Å². The summed E-state index contributed by atoms with van der Waals surface area (Å²) in [5, 5.41) is 7.04. The molecule has 6 rings (SSSR count). The smallest absolute Gasteiger partial charge is 0.255 e. The average molecular weight is 533 g/mol. The number of hydrogen-bond acceptors (Lipinski definition) is 7. The van der Waals surface area contributed by atoms with Crippen LogP contribution in [-0.2, 0) is 5.41 Å². The summed E-state index contributed by atoms with van der Waals surface area (Å²) in [6.07, 6.45) is 3.78. The van der Waals surface area contributed by atoms with Crippen LogP contribution in [0.25, 0.3) is 22.3 Å². The molecule has 4 aromatic rings. The maximum Gasteiger partial charge on any atom is 0.255 e. The highest BCUT2D eigenvalue weighted by Gasteiger charge is 2.51. The van der Waals surface area contributed by atoms with Gasteiger partial charge in [-0.15, -0.1) is 0 Å². The highest BCUT2D eigenvalue weighted by Crippen LogP contribution is 2.54. The summed E-state index contributed by atoms with van der Waals surface area (Å²) in [5.41, 5.74) is 5.76. The Labute approximate surface area is 225 Å². The van der Waals surface area contributed by atoms with Crippen LogP contribution >= 0.6 is 11.6 Å². The molecule has 1 saturated carbocycles. The SMILES string of the molecule is COc1c(Cl)cccc1Nc1c(-c2ccnc3ccc(OCCN(C)C)nc23)[nH]c2c1C(=O)NCC21CC1. The van der Waals surface area contributed by atoms with Gasteiger partial charge in [0.05, 0.1) is 40.3 Å². The number of anilines is 2. The fraction of sp³-hybridized carbons (Fsp3) is 0.321. The number of benzene rings is 1. The summed E-state index contributed by atoms with van der Waals surface area (Å²) < 4.78 is 11.5. The van der Waals surface area contributed by atoms with Gasteiger partial charge in [0.1, 0.15) is 12.1 Å². The summed E-state index contributed by atoms with van der Waals surface area (Å²) in [6, 6.07) is 11.1. The van der Waals surface area contributed by atoms with Crippen molar-refractivity contribution in [2.45, 2.75) is 18.3 Å². The lowest BCUT2D eigenvalue weighted by Gasteiger charge is -2.23. The van der Waals surface area contributed by atoms with E-state index in [1.54, 1.807) is 19.4 Å². The van der Waals surface area contributed by atoms with Gasteiger partial charge in [0.2, 0.25) is 5.88 Å². The van der Waals surface area contributed by atoms with Crippen LogP contribution in [-0.4, -0.2) is 66.7 Å². The number of aromatic nitrogens is 3. The molecule has 3 aromatic heterocycles. The number of halogens is 1. The maximum atomic E-state index is 13.3. The third-order valence-electron chi connectivity index (χ3n) is 7.25. The monoisotopic (exact) mass is 532 g/mol. The number of nitrogens with one attached hydrogen (secondary N) is 3. The summed E-state index contributed by atoms with van der Waals surface area (Å²) in [7, 11) is 5.57. The standard InChI is InChI=1S/C28H29ClN6O3/c1-35(2)13-14-38-20-8-7-18-22(33-20)16(9-12-30-18)23-24(32-19-6-4-5-17(29)25(19)37-3)21-26(34-23)28(10-11-28)15-31-27(21)36/h4-9,12,32,34H,10-11,13-15H2,1-3H3,(H,31,36). The summed E-state index contributed by atoms with van der Waals surface area (Å²) in [5.74, 6) is 0.900. The second kappa shape index (κ2) is 9.49. The van der Waals surface area contributed by atoms with E-state index in [4.69, 9.17) is 26.1 Å². The fourth-order valence-corrected chi connectivity index (χ4v) is 5.28. The number of pyridine rings is 2. The third kappa shape index (κ3) is 4.21. The molecular formula is C28H29ClN6O3. The molecule has 3 N–H and O–H groups in total. The number of hydrogen-bond donors (Lipinski definition) is 3. The van der Waals surface area contributed by atoms with Crippen molar-refractivity contribution in [1.29, 1.82) is 0 Å². The summed E-state index contributed by atoms with van der Waals surface area (Å²) in [4.78, 5) is 28.3. The molecule has 196 valence electrons. The number of likely N-dealkylation sites (N-methyl/N-ethyl adjacent to an activating group) is 1. The molecule has 1 fully saturated rings. The number of nitrogens with zero attached hydrogens (tertiary/aromatic N) is 3. The van der Waals surface area contributed by atoms with E-state index in [-0.39, 0.29) is 11.3 Å². The third-order valence-corrected chi connectivity index (χ3v) is 7.54. The molecule has 0 atom stereocenters. The number of para-hydroxylation sites is 1. The number of fused-ring (bicyclic) bond motifs is 3. The van der Waals surface area contributed by atoms with Crippen molar-refractivity contribution in [2.75, 3.05) is 46.2 Å². The Balaban J connectivity index is 1.52. The molecule has 0 saturated heterocycles. The van der Waals surface area contributed by atoms with E-state index in [0.29, 0.717) is 52.3 Å². The Bertz CT molecular complexity index is 1550. The first kappa shape index (κ1) is 24.5. The van der Waals surface area contributed by atoms with Gasteiger partial charge >= 0.3 is 0 Å². The molecule has 1 amide bonds. The van der Waals surface area contributed by atoms with E-state index < -0.39 is 0 Å².